The van der Waals surface area contributed by atoms with Crippen molar-refractivity contribution in [2.45, 2.75) is 12.5 Å². The first-order valence-corrected chi connectivity index (χ1v) is 4.80. The fraction of sp³-hybridized carbons (Fsp3) is 0.200. The quantitative estimate of drug-likeness (QED) is 0.800. The van der Waals surface area contributed by atoms with E-state index in [-0.39, 0.29) is 11.8 Å². The van der Waals surface area contributed by atoms with Crippen LogP contribution in [0.3, 0.4) is 0 Å². The highest BCUT2D eigenvalue weighted by Gasteiger charge is 2.10. The van der Waals surface area contributed by atoms with Gasteiger partial charge in [-0.1, -0.05) is 18.2 Å². The molecule has 13 heavy (non-hydrogen) atoms. The van der Waals surface area contributed by atoms with Crippen LogP contribution in [0.2, 0.25) is 0 Å². The van der Waals surface area contributed by atoms with E-state index in [2.05, 4.69) is 22.5 Å². The van der Waals surface area contributed by atoms with E-state index >= 15 is 0 Å². The molecule has 0 spiro atoms. The smallest absolute Gasteiger partial charge is 0.134 e. The molecule has 0 bridgehead atoms. The molecule has 0 aromatic heterocycles. The largest absolute Gasteiger partial charge is 0.506 e. The lowest BCUT2D eigenvalue weighted by molar-refractivity contribution is 0.458. The van der Waals surface area contributed by atoms with Gasteiger partial charge in [0.1, 0.15) is 5.75 Å². The maximum Gasteiger partial charge on any atom is 0.134 e. The highest BCUT2D eigenvalue weighted by molar-refractivity contribution is 9.10. The highest BCUT2D eigenvalue weighted by Crippen LogP contribution is 2.31. The Labute approximate surface area is 86.2 Å². The second kappa shape index (κ2) is 4.44. The van der Waals surface area contributed by atoms with Gasteiger partial charge in [-0.15, -0.1) is 6.58 Å². The molecular weight excluding hydrogens is 230 g/mol. The molecule has 0 fully saturated rings. The van der Waals surface area contributed by atoms with Crippen molar-refractivity contribution in [1.82, 2.24) is 0 Å². The molecule has 1 aromatic rings. The molecule has 1 atom stereocenters. The lowest BCUT2D eigenvalue weighted by atomic mass is 10.0. The predicted octanol–water partition coefficient (Wildman–Crippen LogP) is 2.73. The van der Waals surface area contributed by atoms with Crippen LogP contribution in [0.5, 0.6) is 5.75 Å². The Morgan fingerprint density at radius 3 is 2.92 bits per heavy atom. The van der Waals surface area contributed by atoms with E-state index in [1.807, 2.05) is 12.1 Å². The Bertz CT molecular complexity index is 312. The zero-order chi connectivity index (χ0) is 9.84. The van der Waals surface area contributed by atoms with Crippen molar-refractivity contribution >= 4 is 15.9 Å². The van der Waals surface area contributed by atoms with Crippen molar-refractivity contribution in [3.8, 4) is 5.75 Å². The first-order valence-electron chi connectivity index (χ1n) is 4.00. The third-order valence-corrected chi connectivity index (χ3v) is 2.48. The maximum absolute atomic E-state index is 9.63. The molecular formula is C10H12BrNO. The summed E-state index contributed by atoms with van der Waals surface area (Å²) >= 11 is 3.23. The molecule has 0 radical (unpaired) electrons. The first kappa shape index (κ1) is 10.3. The Morgan fingerprint density at radius 2 is 2.31 bits per heavy atom. The van der Waals surface area contributed by atoms with E-state index in [1.54, 1.807) is 12.1 Å². The molecule has 0 aliphatic heterocycles. The maximum atomic E-state index is 9.63. The summed E-state index contributed by atoms with van der Waals surface area (Å²) in [6.07, 6.45) is 2.40. The summed E-state index contributed by atoms with van der Waals surface area (Å²) in [5.41, 5.74) is 6.57. The van der Waals surface area contributed by atoms with Crippen LogP contribution in [0.15, 0.2) is 35.3 Å². The van der Waals surface area contributed by atoms with Gasteiger partial charge in [0.05, 0.1) is 4.47 Å². The molecule has 0 amide bonds. The number of rotatable bonds is 3. The van der Waals surface area contributed by atoms with Crippen LogP contribution in [0, 0.1) is 0 Å². The topological polar surface area (TPSA) is 46.2 Å². The number of hydrogen-bond donors (Lipinski definition) is 2. The van der Waals surface area contributed by atoms with Gasteiger partial charge in [0.15, 0.2) is 0 Å². The molecule has 1 rings (SSSR count). The van der Waals surface area contributed by atoms with Crippen LogP contribution in [0.1, 0.15) is 18.0 Å². The normalized spacial score (nSPS) is 12.5. The number of hydrogen-bond acceptors (Lipinski definition) is 2. The first-order chi connectivity index (χ1) is 6.16. The van der Waals surface area contributed by atoms with E-state index in [0.717, 1.165) is 5.56 Å². The average Bonchev–Trinajstić information content (AvgIpc) is 2.10. The number of nitrogens with two attached hydrogens (primary N) is 1. The molecule has 2 nitrogen and oxygen atoms in total. The Morgan fingerprint density at radius 1 is 1.62 bits per heavy atom. The number of aromatic hydroxyl groups is 1. The second-order valence-electron chi connectivity index (χ2n) is 2.81. The van der Waals surface area contributed by atoms with E-state index < -0.39 is 0 Å². The highest BCUT2D eigenvalue weighted by atomic mass is 79.9. The fourth-order valence-corrected chi connectivity index (χ4v) is 1.52. The minimum Gasteiger partial charge on any atom is -0.506 e. The van der Waals surface area contributed by atoms with Crippen LogP contribution in [-0.4, -0.2) is 5.11 Å². The van der Waals surface area contributed by atoms with Gasteiger partial charge < -0.3 is 10.8 Å². The molecule has 70 valence electrons. The van der Waals surface area contributed by atoms with Gasteiger partial charge >= 0.3 is 0 Å². The van der Waals surface area contributed by atoms with E-state index in [4.69, 9.17) is 5.73 Å². The molecule has 0 saturated carbocycles. The van der Waals surface area contributed by atoms with E-state index in [0.29, 0.717) is 10.9 Å². The summed E-state index contributed by atoms with van der Waals surface area (Å²) in [7, 11) is 0. The number of benzene rings is 1. The van der Waals surface area contributed by atoms with Gasteiger partial charge in [-0.25, -0.2) is 0 Å². The summed E-state index contributed by atoms with van der Waals surface area (Å²) in [6, 6.07) is 5.26. The molecule has 0 heterocycles. The molecule has 3 N–H and O–H groups in total. The molecule has 0 aliphatic carbocycles. The molecule has 0 saturated heterocycles. The van der Waals surface area contributed by atoms with Gasteiger partial charge in [-0.05, 0) is 28.4 Å². The van der Waals surface area contributed by atoms with Gasteiger partial charge in [0, 0.05) is 11.6 Å². The Balaban J connectivity index is 3.00. The minimum atomic E-state index is -0.185. The van der Waals surface area contributed by atoms with E-state index in [9.17, 15) is 5.11 Å². The average molecular weight is 242 g/mol. The third kappa shape index (κ3) is 2.32. The Hall–Kier alpha value is -0.800. The summed E-state index contributed by atoms with van der Waals surface area (Å²) in [4.78, 5) is 0. The number of phenolic OH excluding ortho intramolecular Hbond substituents is 1. The van der Waals surface area contributed by atoms with Crippen molar-refractivity contribution in [3.05, 3.63) is 40.9 Å². The lowest BCUT2D eigenvalue weighted by Gasteiger charge is -2.11. The van der Waals surface area contributed by atoms with Crippen molar-refractivity contribution < 1.29 is 5.11 Å². The van der Waals surface area contributed by atoms with Gasteiger partial charge in [0.2, 0.25) is 0 Å². The Kier molecular flexibility index (Phi) is 3.51. The summed E-state index contributed by atoms with van der Waals surface area (Å²) < 4.78 is 0.671. The molecule has 0 aliphatic rings. The van der Waals surface area contributed by atoms with Gasteiger partial charge in [-0.3, -0.25) is 0 Å². The summed E-state index contributed by atoms with van der Waals surface area (Å²) in [5, 5.41) is 9.63. The van der Waals surface area contributed by atoms with Crippen molar-refractivity contribution in [2.24, 2.45) is 5.73 Å². The van der Waals surface area contributed by atoms with Crippen LogP contribution in [0.25, 0.3) is 0 Å². The zero-order valence-corrected chi connectivity index (χ0v) is 8.79. The molecule has 0 unspecified atom stereocenters. The van der Waals surface area contributed by atoms with Crippen molar-refractivity contribution in [3.63, 3.8) is 0 Å². The summed E-state index contributed by atoms with van der Waals surface area (Å²) in [6.45, 7) is 3.60. The minimum absolute atomic E-state index is 0.185. The second-order valence-corrected chi connectivity index (χ2v) is 3.66. The summed E-state index contributed by atoms with van der Waals surface area (Å²) in [5.74, 6) is 0.219. The standard InChI is InChI=1S/C10H12BrNO/c1-2-4-9(12)7-5-3-6-8(11)10(7)13/h2-3,5-6,9,13H,1,4,12H2/t9-/m0/s1. The number of halogens is 1. The van der Waals surface area contributed by atoms with Crippen LogP contribution < -0.4 is 5.73 Å². The number of phenols is 1. The van der Waals surface area contributed by atoms with Crippen LogP contribution in [0.4, 0.5) is 0 Å². The molecule has 1 aromatic carbocycles. The SMILES string of the molecule is C=CC[C@H](N)c1cccc(Br)c1O. The van der Waals surface area contributed by atoms with Crippen molar-refractivity contribution in [2.75, 3.05) is 0 Å². The lowest BCUT2D eigenvalue weighted by Crippen LogP contribution is -2.09. The van der Waals surface area contributed by atoms with Gasteiger partial charge in [0.25, 0.3) is 0 Å². The van der Waals surface area contributed by atoms with Gasteiger partial charge in [-0.2, -0.15) is 0 Å². The zero-order valence-electron chi connectivity index (χ0n) is 7.20. The number of para-hydroxylation sites is 1. The fourth-order valence-electron chi connectivity index (χ4n) is 1.14. The molecule has 3 heteroatoms. The van der Waals surface area contributed by atoms with E-state index in [1.165, 1.54) is 0 Å². The van der Waals surface area contributed by atoms with Crippen LogP contribution >= 0.6 is 15.9 Å². The monoisotopic (exact) mass is 241 g/mol. The third-order valence-electron chi connectivity index (χ3n) is 1.84. The van der Waals surface area contributed by atoms with Crippen LogP contribution in [-0.2, 0) is 0 Å². The predicted molar refractivity (Wildman–Crippen MR) is 57.5 cm³/mol. The van der Waals surface area contributed by atoms with Crippen molar-refractivity contribution in [1.29, 1.82) is 0 Å².